The van der Waals surface area contributed by atoms with Crippen LogP contribution in [0.2, 0.25) is 0 Å². The maximum Gasteiger partial charge on any atom is 0.224 e. The lowest BCUT2D eigenvalue weighted by Crippen LogP contribution is -2.12. The summed E-state index contributed by atoms with van der Waals surface area (Å²) < 4.78 is 0. The molecule has 0 bridgehead atoms. The van der Waals surface area contributed by atoms with Crippen molar-refractivity contribution in [1.29, 1.82) is 10.5 Å². The van der Waals surface area contributed by atoms with Crippen molar-refractivity contribution in [2.24, 2.45) is 0 Å². The van der Waals surface area contributed by atoms with Gasteiger partial charge >= 0.3 is 0 Å². The lowest BCUT2D eigenvalue weighted by Gasteiger charge is -1.88. The molecule has 54 valence electrons. The van der Waals surface area contributed by atoms with Gasteiger partial charge in [0.15, 0.2) is 0 Å². The molecular weight excluding hydrogens is 142 g/mol. The van der Waals surface area contributed by atoms with Crippen molar-refractivity contribution in [2.45, 2.75) is 6.42 Å². The number of nitriles is 2. The second-order valence-corrected chi connectivity index (χ2v) is 2.16. The molecule has 1 heterocycles. The van der Waals surface area contributed by atoms with Crippen LogP contribution >= 0.6 is 0 Å². The van der Waals surface area contributed by atoms with Crippen molar-refractivity contribution in [3.63, 3.8) is 0 Å². The van der Waals surface area contributed by atoms with E-state index in [4.69, 9.17) is 10.5 Å². The fourth-order valence-electron chi connectivity index (χ4n) is 0.884. The summed E-state index contributed by atoms with van der Waals surface area (Å²) >= 11 is 0. The highest BCUT2D eigenvalue weighted by molar-refractivity contribution is 5.83. The first-order valence-electron chi connectivity index (χ1n) is 3.07. The molecule has 1 N–H and O–H groups in total. The zero-order valence-corrected chi connectivity index (χ0v) is 5.72. The van der Waals surface area contributed by atoms with Gasteiger partial charge in [-0.2, -0.15) is 10.5 Å². The van der Waals surface area contributed by atoms with Gasteiger partial charge in [0, 0.05) is 6.54 Å². The highest BCUT2D eigenvalue weighted by atomic mass is 16.1. The summed E-state index contributed by atoms with van der Waals surface area (Å²) in [6.45, 7) is 0.343. The van der Waals surface area contributed by atoms with Crippen LogP contribution in [-0.4, -0.2) is 12.5 Å². The van der Waals surface area contributed by atoms with Gasteiger partial charge in [-0.15, -0.1) is 0 Å². The van der Waals surface area contributed by atoms with Gasteiger partial charge < -0.3 is 5.32 Å². The van der Waals surface area contributed by atoms with Crippen LogP contribution in [0.1, 0.15) is 6.42 Å². The molecule has 11 heavy (non-hydrogen) atoms. The van der Waals surface area contributed by atoms with E-state index >= 15 is 0 Å². The average Bonchev–Trinajstić information content (AvgIpc) is 2.39. The number of allylic oxidation sites excluding steroid dienone is 1. The molecule has 4 heteroatoms. The van der Waals surface area contributed by atoms with Crippen LogP contribution in [-0.2, 0) is 4.79 Å². The van der Waals surface area contributed by atoms with Crippen molar-refractivity contribution >= 4 is 5.91 Å². The van der Waals surface area contributed by atoms with Crippen molar-refractivity contribution in [2.75, 3.05) is 6.54 Å². The predicted octanol–water partition coefficient (Wildman–Crippen LogP) is -0.150. The largest absolute Gasteiger partial charge is 0.352 e. The van der Waals surface area contributed by atoms with Crippen LogP contribution < -0.4 is 5.32 Å². The third-order valence-corrected chi connectivity index (χ3v) is 1.45. The summed E-state index contributed by atoms with van der Waals surface area (Å²) in [7, 11) is 0. The van der Waals surface area contributed by atoms with E-state index in [-0.39, 0.29) is 17.9 Å². The molecule has 0 aromatic rings. The molecule has 1 saturated heterocycles. The summed E-state index contributed by atoms with van der Waals surface area (Å²) in [4.78, 5) is 10.6. The molecule has 0 radical (unpaired) electrons. The Hall–Kier alpha value is -1.81. The van der Waals surface area contributed by atoms with E-state index in [1.54, 1.807) is 12.1 Å². The van der Waals surface area contributed by atoms with Gasteiger partial charge in [0.05, 0.1) is 6.42 Å². The molecule has 1 fully saturated rings. The maximum atomic E-state index is 10.6. The molecule has 4 nitrogen and oxygen atoms in total. The Kier molecular flexibility index (Phi) is 1.89. The summed E-state index contributed by atoms with van der Waals surface area (Å²) in [5, 5.41) is 19.3. The smallest absolute Gasteiger partial charge is 0.224 e. The zero-order valence-electron chi connectivity index (χ0n) is 5.72. The molecule has 0 saturated carbocycles. The van der Waals surface area contributed by atoms with Crippen molar-refractivity contribution in [3.05, 3.63) is 11.1 Å². The maximum absolute atomic E-state index is 10.6. The van der Waals surface area contributed by atoms with Crippen LogP contribution in [0.25, 0.3) is 0 Å². The van der Waals surface area contributed by atoms with Gasteiger partial charge in [0.2, 0.25) is 5.91 Å². The highest BCUT2D eigenvalue weighted by Crippen LogP contribution is 2.11. The van der Waals surface area contributed by atoms with E-state index in [1.165, 1.54) is 0 Å². The van der Waals surface area contributed by atoms with E-state index in [1.807, 2.05) is 0 Å². The summed E-state index contributed by atoms with van der Waals surface area (Å²) in [5.41, 5.74) is 0.656. The van der Waals surface area contributed by atoms with Gasteiger partial charge in [0.25, 0.3) is 0 Å². The lowest BCUT2D eigenvalue weighted by atomic mass is 10.1. The standard InChI is InChI=1S/C7H5N3O/c8-2-6(3-9)5-1-7(11)10-4-5/h1,4H2,(H,10,11). The van der Waals surface area contributed by atoms with E-state index in [0.29, 0.717) is 12.1 Å². The molecule has 0 spiro atoms. The number of carbonyl (C=O) groups excluding carboxylic acids is 1. The SMILES string of the molecule is N#CC(C#N)=C1CNC(=O)C1. The first-order chi connectivity index (χ1) is 5.27. The Morgan fingerprint density at radius 3 is 2.45 bits per heavy atom. The summed E-state index contributed by atoms with van der Waals surface area (Å²) in [6.07, 6.45) is 0.191. The van der Waals surface area contributed by atoms with E-state index in [0.717, 1.165) is 0 Å². The molecule has 1 rings (SSSR count). The van der Waals surface area contributed by atoms with Gasteiger partial charge in [-0.05, 0) is 5.57 Å². The summed E-state index contributed by atoms with van der Waals surface area (Å²) in [5.74, 6) is -0.122. The molecule has 1 amide bonds. The Morgan fingerprint density at radius 2 is 2.09 bits per heavy atom. The Balaban J connectivity index is 2.92. The monoisotopic (exact) mass is 147 g/mol. The average molecular weight is 147 g/mol. The van der Waals surface area contributed by atoms with Crippen molar-refractivity contribution < 1.29 is 4.79 Å². The van der Waals surface area contributed by atoms with E-state index < -0.39 is 0 Å². The second-order valence-electron chi connectivity index (χ2n) is 2.16. The fourth-order valence-corrected chi connectivity index (χ4v) is 0.884. The van der Waals surface area contributed by atoms with Crippen molar-refractivity contribution in [3.8, 4) is 12.1 Å². The van der Waals surface area contributed by atoms with Gasteiger partial charge in [-0.1, -0.05) is 0 Å². The Labute approximate surface area is 63.7 Å². The predicted molar refractivity (Wildman–Crippen MR) is 35.9 cm³/mol. The van der Waals surface area contributed by atoms with Crippen LogP contribution in [0.4, 0.5) is 0 Å². The zero-order chi connectivity index (χ0) is 8.27. The van der Waals surface area contributed by atoms with Crippen LogP contribution in [0.3, 0.4) is 0 Å². The molecule has 0 unspecified atom stereocenters. The van der Waals surface area contributed by atoms with Crippen LogP contribution in [0.15, 0.2) is 11.1 Å². The normalized spacial score (nSPS) is 15.1. The van der Waals surface area contributed by atoms with E-state index in [9.17, 15) is 4.79 Å². The first-order valence-corrected chi connectivity index (χ1v) is 3.07. The number of hydrogen-bond acceptors (Lipinski definition) is 3. The van der Waals surface area contributed by atoms with Crippen molar-refractivity contribution in [1.82, 2.24) is 5.32 Å². The molecule has 1 aliphatic heterocycles. The number of nitrogens with zero attached hydrogens (tertiary/aromatic N) is 2. The molecule has 0 aliphatic carbocycles. The topological polar surface area (TPSA) is 76.7 Å². The second kappa shape index (κ2) is 2.85. The molecule has 0 aromatic carbocycles. The minimum atomic E-state index is -0.122. The van der Waals surface area contributed by atoms with Gasteiger partial charge in [-0.25, -0.2) is 0 Å². The molecule has 1 aliphatic rings. The number of amides is 1. The lowest BCUT2D eigenvalue weighted by molar-refractivity contribution is -0.118. The van der Waals surface area contributed by atoms with Crippen LogP contribution in [0.5, 0.6) is 0 Å². The third-order valence-electron chi connectivity index (χ3n) is 1.45. The quantitative estimate of drug-likeness (QED) is 0.484. The summed E-state index contributed by atoms with van der Waals surface area (Å²) in [6, 6.07) is 3.48. The number of rotatable bonds is 0. The van der Waals surface area contributed by atoms with Gasteiger partial charge in [0.1, 0.15) is 17.7 Å². The number of carbonyl (C=O) groups is 1. The fraction of sp³-hybridized carbons (Fsp3) is 0.286. The minimum absolute atomic E-state index is 0.0587. The Morgan fingerprint density at radius 1 is 1.45 bits per heavy atom. The van der Waals surface area contributed by atoms with E-state index in [2.05, 4.69) is 5.32 Å². The minimum Gasteiger partial charge on any atom is -0.352 e. The molecule has 0 atom stereocenters. The Bertz CT molecular complexity index is 287. The van der Waals surface area contributed by atoms with Crippen LogP contribution in [0, 0.1) is 22.7 Å². The first kappa shape index (κ1) is 7.30. The van der Waals surface area contributed by atoms with Gasteiger partial charge in [-0.3, -0.25) is 4.79 Å². The highest BCUT2D eigenvalue weighted by Gasteiger charge is 2.17. The third kappa shape index (κ3) is 1.36. The number of hydrogen-bond donors (Lipinski definition) is 1. The molecule has 0 aromatic heterocycles. The number of nitrogens with one attached hydrogen (secondary N) is 1. The molecular formula is C7H5N3O.